The monoisotopic (exact) mass is 329 g/mol. The fourth-order valence-electron chi connectivity index (χ4n) is 3.29. The first-order valence-corrected chi connectivity index (χ1v) is 9.94. The van der Waals surface area contributed by atoms with E-state index in [0.29, 0.717) is 24.4 Å². The molecule has 1 saturated carbocycles. The first-order valence-electron chi connectivity index (χ1n) is 7.88. The summed E-state index contributed by atoms with van der Waals surface area (Å²) in [6.45, 7) is 7.35. The second kappa shape index (κ2) is 6.66. The van der Waals surface area contributed by atoms with Crippen molar-refractivity contribution in [3.05, 3.63) is 11.7 Å². The summed E-state index contributed by atoms with van der Waals surface area (Å²) in [4.78, 5) is 4.15. The maximum Gasteiger partial charge on any atom is 0.240 e. The average Bonchev–Trinajstić information content (AvgIpc) is 2.81. The lowest BCUT2D eigenvalue weighted by Crippen LogP contribution is -2.43. The largest absolute Gasteiger partial charge is 0.338 e. The van der Waals surface area contributed by atoms with Crippen molar-refractivity contribution in [3.8, 4) is 0 Å². The third kappa shape index (κ3) is 5.05. The molecule has 126 valence electrons. The van der Waals surface area contributed by atoms with Gasteiger partial charge in [0.15, 0.2) is 15.7 Å². The van der Waals surface area contributed by atoms with Crippen LogP contribution < -0.4 is 5.32 Å². The van der Waals surface area contributed by atoms with Gasteiger partial charge < -0.3 is 9.84 Å². The van der Waals surface area contributed by atoms with E-state index < -0.39 is 9.84 Å². The van der Waals surface area contributed by atoms with E-state index in [1.807, 2.05) is 0 Å². The van der Waals surface area contributed by atoms with Crippen molar-refractivity contribution in [3.63, 3.8) is 0 Å². The number of hydrogen-bond donors (Lipinski definition) is 1. The summed E-state index contributed by atoms with van der Waals surface area (Å²) < 4.78 is 27.6. The molecule has 0 amide bonds. The van der Waals surface area contributed by atoms with Gasteiger partial charge in [0, 0.05) is 12.3 Å². The van der Waals surface area contributed by atoms with Crippen molar-refractivity contribution in [2.75, 3.05) is 6.26 Å². The van der Waals surface area contributed by atoms with Crippen LogP contribution in [0.15, 0.2) is 4.52 Å². The highest BCUT2D eigenvalue weighted by molar-refractivity contribution is 7.89. The zero-order valence-corrected chi connectivity index (χ0v) is 14.7. The molecule has 22 heavy (non-hydrogen) atoms. The third-order valence-corrected chi connectivity index (χ3v) is 5.08. The lowest BCUT2D eigenvalue weighted by Gasteiger charge is -2.40. The second-order valence-electron chi connectivity index (χ2n) is 7.42. The molecule has 2 rings (SSSR count). The van der Waals surface area contributed by atoms with Crippen LogP contribution in [0.1, 0.15) is 58.2 Å². The van der Waals surface area contributed by atoms with Crippen LogP contribution in [-0.4, -0.2) is 30.9 Å². The summed E-state index contributed by atoms with van der Waals surface area (Å²) in [5.41, 5.74) is 0.272. The average molecular weight is 329 g/mol. The van der Waals surface area contributed by atoms with E-state index in [-0.39, 0.29) is 17.0 Å². The van der Waals surface area contributed by atoms with Crippen molar-refractivity contribution in [1.29, 1.82) is 0 Å². The molecule has 0 aliphatic heterocycles. The summed E-state index contributed by atoms with van der Waals surface area (Å²) in [7, 11) is -3.13. The molecule has 1 heterocycles. The van der Waals surface area contributed by atoms with E-state index in [1.54, 1.807) is 0 Å². The highest BCUT2D eigenvalue weighted by atomic mass is 32.2. The predicted molar refractivity (Wildman–Crippen MR) is 84.9 cm³/mol. The Hall–Kier alpha value is -0.950. The molecule has 6 nitrogen and oxygen atoms in total. The Labute approximate surface area is 133 Å². The molecule has 0 spiro atoms. The lowest BCUT2D eigenvalue weighted by molar-refractivity contribution is 0.127. The second-order valence-corrected chi connectivity index (χ2v) is 9.56. The molecule has 7 heteroatoms. The van der Waals surface area contributed by atoms with Crippen LogP contribution >= 0.6 is 0 Å². The minimum atomic E-state index is -3.13. The first kappa shape index (κ1) is 17.4. The molecule has 0 aromatic carbocycles. The zero-order chi connectivity index (χ0) is 16.4. The molecule has 2 atom stereocenters. The smallest absolute Gasteiger partial charge is 0.240 e. The highest BCUT2D eigenvalue weighted by Crippen LogP contribution is 2.38. The van der Waals surface area contributed by atoms with Crippen LogP contribution in [0.5, 0.6) is 0 Å². The zero-order valence-electron chi connectivity index (χ0n) is 13.9. The molecule has 0 radical (unpaired) electrons. The number of aromatic nitrogens is 2. The number of sulfone groups is 1. The quantitative estimate of drug-likeness (QED) is 0.892. The van der Waals surface area contributed by atoms with Crippen LogP contribution in [0, 0.1) is 11.3 Å². The fourth-order valence-corrected chi connectivity index (χ4v) is 3.87. The van der Waals surface area contributed by atoms with Crippen molar-refractivity contribution < 1.29 is 12.9 Å². The van der Waals surface area contributed by atoms with Gasteiger partial charge in [-0.25, -0.2) is 8.42 Å². The number of rotatable bonds is 5. The third-order valence-electron chi connectivity index (χ3n) is 4.30. The van der Waals surface area contributed by atoms with E-state index in [0.717, 1.165) is 12.7 Å². The van der Waals surface area contributed by atoms with Crippen LogP contribution in [-0.2, 0) is 22.1 Å². The lowest BCUT2D eigenvalue weighted by atomic mass is 9.69. The fraction of sp³-hybridized carbons (Fsp3) is 0.867. The molecule has 0 unspecified atom stereocenters. The number of nitrogens with zero attached hydrogens (tertiary/aromatic N) is 2. The predicted octanol–water partition coefficient (Wildman–Crippen LogP) is 2.31. The summed E-state index contributed by atoms with van der Waals surface area (Å²) in [6, 6.07) is 0.444. The van der Waals surface area contributed by atoms with Crippen molar-refractivity contribution in [2.24, 2.45) is 11.3 Å². The molecule has 1 aliphatic carbocycles. The van der Waals surface area contributed by atoms with Crippen molar-refractivity contribution >= 4 is 9.84 Å². The van der Waals surface area contributed by atoms with E-state index in [1.165, 1.54) is 19.3 Å². The summed E-state index contributed by atoms with van der Waals surface area (Å²) >= 11 is 0. The molecule has 1 aromatic heterocycles. The Morgan fingerprint density at radius 3 is 2.59 bits per heavy atom. The summed E-state index contributed by atoms with van der Waals surface area (Å²) in [6.07, 6.45) is 6.10. The molecule has 0 bridgehead atoms. The van der Waals surface area contributed by atoms with Gasteiger partial charge in [-0.1, -0.05) is 38.8 Å². The van der Waals surface area contributed by atoms with E-state index >= 15 is 0 Å². The van der Waals surface area contributed by atoms with Gasteiger partial charge in [0.2, 0.25) is 5.89 Å². The Balaban J connectivity index is 1.94. The molecule has 1 N–H and O–H groups in total. The number of nitrogens with one attached hydrogen (secondary N) is 1. The van der Waals surface area contributed by atoms with E-state index in [2.05, 4.69) is 36.2 Å². The summed E-state index contributed by atoms with van der Waals surface area (Å²) in [5, 5.41) is 7.25. The van der Waals surface area contributed by atoms with Gasteiger partial charge in [-0.3, -0.25) is 0 Å². The molecule has 1 aromatic rings. The molecule has 1 aliphatic rings. The van der Waals surface area contributed by atoms with Gasteiger partial charge in [-0.2, -0.15) is 4.98 Å². The molecule has 0 saturated heterocycles. The van der Waals surface area contributed by atoms with Gasteiger partial charge in [-0.05, 0) is 24.2 Å². The van der Waals surface area contributed by atoms with E-state index in [9.17, 15) is 8.42 Å². The van der Waals surface area contributed by atoms with Crippen LogP contribution in [0.4, 0.5) is 0 Å². The van der Waals surface area contributed by atoms with Crippen LogP contribution in [0.25, 0.3) is 0 Å². The van der Waals surface area contributed by atoms with Crippen molar-refractivity contribution in [2.45, 2.75) is 64.8 Å². The Bertz CT molecular complexity index is 589. The standard InChI is InChI=1S/C15H27N3O3S/c1-15(2,3)11-7-5-6-8-12(11)16-9-14-17-13(18-21-14)10-22(4,19)20/h11-12,16H,5-10H2,1-4H3/t11-,12-/m0/s1. The topological polar surface area (TPSA) is 85.1 Å². The minimum absolute atomic E-state index is 0.176. The van der Waals surface area contributed by atoms with Crippen LogP contribution in [0.3, 0.4) is 0 Å². The first-order chi connectivity index (χ1) is 10.1. The SMILES string of the molecule is CC(C)(C)[C@H]1CCCC[C@@H]1NCc1nc(CS(C)(=O)=O)no1. The van der Waals surface area contributed by atoms with Gasteiger partial charge >= 0.3 is 0 Å². The molecular formula is C15H27N3O3S. The number of hydrogen-bond acceptors (Lipinski definition) is 6. The van der Waals surface area contributed by atoms with Gasteiger partial charge in [-0.15, -0.1) is 0 Å². The van der Waals surface area contributed by atoms with Gasteiger partial charge in [0.05, 0.1) is 6.54 Å². The minimum Gasteiger partial charge on any atom is -0.338 e. The Morgan fingerprint density at radius 1 is 1.27 bits per heavy atom. The maximum absolute atomic E-state index is 11.2. The summed E-state index contributed by atoms with van der Waals surface area (Å²) in [5.74, 6) is 1.14. The van der Waals surface area contributed by atoms with Crippen LogP contribution in [0.2, 0.25) is 0 Å². The Morgan fingerprint density at radius 2 is 1.95 bits per heavy atom. The van der Waals surface area contributed by atoms with Gasteiger partial charge in [0.25, 0.3) is 0 Å². The highest BCUT2D eigenvalue weighted by Gasteiger charge is 2.33. The molecular weight excluding hydrogens is 302 g/mol. The van der Waals surface area contributed by atoms with E-state index in [4.69, 9.17) is 4.52 Å². The maximum atomic E-state index is 11.2. The Kier molecular flexibility index (Phi) is 5.27. The van der Waals surface area contributed by atoms with Gasteiger partial charge in [0.1, 0.15) is 5.75 Å². The normalized spacial score (nSPS) is 23.6. The van der Waals surface area contributed by atoms with Crippen molar-refractivity contribution in [1.82, 2.24) is 15.5 Å². The molecule has 1 fully saturated rings.